The average molecular weight is 417 g/mol. The molecule has 3 nitrogen and oxygen atoms in total. The second-order valence-corrected chi connectivity index (χ2v) is 6.82. The maximum absolute atomic E-state index is 5.59. The Bertz CT molecular complexity index is 637. The molecular weight excluding hydrogens is 398 g/mol. The molecule has 0 saturated carbocycles. The Balaban J connectivity index is 2.14. The molecule has 1 unspecified atom stereocenters. The first-order chi connectivity index (χ1) is 9.92. The molecule has 0 aliphatic carbocycles. The Morgan fingerprint density at radius 3 is 2.52 bits per heavy atom. The van der Waals surface area contributed by atoms with Crippen LogP contribution >= 0.6 is 31.9 Å². The number of aryl methyl sites for hydroxylation is 2. The lowest BCUT2D eigenvalue weighted by Crippen LogP contribution is -2.18. The van der Waals surface area contributed by atoms with E-state index in [2.05, 4.69) is 56.2 Å². The van der Waals surface area contributed by atoms with E-state index in [-0.39, 0.29) is 6.04 Å². The van der Waals surface area contributed by atoms with Crippen molar-refractivity contribution in [2.45, 2.75) is 33.4 Å². The highest BCUT2D eigenvalue weighted by Gasteiger charge is 2.14. The predicted molar refractivity (Wildman–Crippen MR) is 91.8 cm³/mol. The molecule has 0 bridgehead atoms. The van der Waals surface area contributed by atoms with E-state index >= 15 is 0 Å². The molecule has 5 heteroatoms. The smallest absolute Gasteiger partial charge is 0.137 e. The van der Waals surface area contributed by atoms with E-state index in [9.17, 15) is 0 Å². The topological polar surface area (TPSA) is 34.4 Å². The second-order valence-electron chi connectivity index (χ2n) is 5.05. The molecule has 21 heavy (non-hydrogen) atoms. The zero-order valence-corrected chi connectivity index (χ0v) is 15.8. The van der Waals surface area contributed by atoms with E-state index in [1.807, 2.05) is 19.9 Å². The summed E-state index contributed by atoms with van der Waals surface area (Å²) in [5.74, 6) is 2.77. The average Bonchev–Trinajstić information content (AvgIpc) is 2.74. The van der Waals surface area contributed by atoms with Gasteiger partial charge >= 0.3 is 0 Å². The minimum absolute atomic E-state index is 0.213. The van der Waals surface area contributed by atoms with Gasteiger partial charge in [-0.2, -0.15) is 0 Å². The molecular formula is C16H19Br2NO2. The van der Waals surface area contributed by atoms with Crippen LogP contribution in [0.5, 0.6) is 5.75 Å². The number of methoxy groups -OCH3 is 1. The van der Waals surface area contributed by atoms with Gasteiger partial charge in [-0.05, 0) is 54.9 Å². The first kappa shape index (κ1) is 16.6. The van der Waals surface area contributed by atoms with Gasteiger partial charge in [-0.25, -0.2) is 0 Å². The van der Waals surface area contributed by atoms with Gasteiger partial charge in [0.05, 0.1) is 11.6 Å². The number of hydrogen-bond acceptors (Lipinski definition) is 3. The van der Waals surface area contributed by atoms with Crippen LogP contribution in [0.1, 0.15) is 35.6 Å². The zero-order chi connectivity index (χ0) is 15.6. The van der Waals surface area contributed by atoms with E-state index in [1.54, 1.807) is 7.11 Å². The maximum atomic E-state index is 5.59. The molecule has 0 saturated heterocycles. The number of ether oxygens (including phenoxy) is 1. The van der Waals surface area contributed by atoms with Crippen molar-refractivity contribution in [2.24, 2.45) is 0 Å². The summed E-state index contributed by atoms with van der Waals surface area (Å²) < 4.78 is 13.0. The van der Waals surface area contributed by atoms with Crippen molar-refractivity contribution in [2.75, 3.05) is 7.11 Å². The fraction of sp³-hybridized carbons (Fsp3) is 0.375. The minimum atomic E-state index is 0.213. The maximum Gasteiger partial charge on any atom is 0.137 e. The molecule has 114 valence electrons. The fourth-order valence-corrected chi connectivity index (χ4v) is 3.90. The number of rotatable bonds is 5. The summed E-state index contributed by atoms with van der Waals surface area (Å²) in [6.45, 7) is 6.82. The molecule has 0 aliphatic heterocycles. The molecule has 1 heterocycles. The standard InChI is InChI=1S/C16H19Br2NO2/c1-9-5-14(11(3)21-9)10(2)19-8-12-6-13(17)7-15(18)16(12)20-4/h5-7,10,19H,8H2,1-4H3. The first-order valence-corrected chi connectivity index (χ1v) is 8.33. The summed E-state index contributed by atoms with van der Waals surface area (Å²) in [5, 5.41) is 3.52. The fourth-order valence-electron chi connectivity index (χ4n) is 2.43. The van der Waals surface area contributed by atoms with Gasteiger partial charge in [0.15, 0.2) is 0 Å². The molecule has 0 spiro atoms. The van der Waals surface area contributed by atoms with Crippen LogP contribution in [0.25, 0.3) is 0 Å². The van der Waals surface area contributed by atoms with Crippen molar-refractivity contribution in [3.63, 3.8) is 0 Å². The van der Waals surface area contributed by atoms with E-state index in [0.29, 0.717) is 6.54 Å². The minimum Gasteiger partial charge on any atom is -0.495 e. The lowest BCUT2D eigenvalue weighted by Gasteiger charge is -2.16. The monoisotopic (exact) mass is 415 g/mol. The van der Waals surface area contributed by atoms with Gasteiger partial charge in [0, 0.05) is 28.2 Å². The molecule has 1 aromatic heterocycles. The van der Waals surface area contributed by atoms with Crippen molar-refractivity contribution < 1.29 is 9.15 Å². The quantitative estimate of drug-likeness (QED) is 0.719. The molecule has 0 fully saturated rings. The van der Waals surface area contributed by atoms with Crippen molar-refractivity contribution in [3.8, 4) is 5.75 Å². The van der Waals surface area contributed by atoms with Crippen LogP contribution in [0.2, 0.25) is 0 Å². The van der Waals surface area contributed by atoms with Gasteiger partial charge in [0.25, 0.3) is 0 Å². The normalized spacial score (nSPS) is 12.5. The van der Waals surface area contributed by atoms with Gasteiger partial charge in [-0.1, -0.05) is 15.9 Å². The van der Waals surface area contributed by atoms with Gasteiger partial charge < -0.3 is 14.5 Å². The van der Waals surface area contributed by atoms with Crippen molar-refractivity contribution in [1.29, 1.82) is 0 Å². The summed E-state index contributed by atoms with van der Waals surface area (Å²) in [7, 11) is 1.69. The highest BCUT2D eigenvalue weighted by atomic mass is 79.9. The summed E-state index contributed by atoms with van der Waals surface area (Å²) in [4.78, 5) is 0. The second kappa shape index (κ2) is 6.99. The Morgan fingerprint density at radius 1 is 1.24 bits per heavy atom. The van der Waals surface area contributed by atoms with Crippen molar-refractivity contribution >= 4 is 31.9 Å². The first-order valence-electron chi connectivity index (χ1n) is 6.74. The third-order valence-electron chi connectivity index (χ3n) is 3.43. The van der Waals surface area contributed by atoms with Gasteiger partial charge in [-0.3, -0.25) is 0 Å². The molecule has 0 amide bonds. The molecule has 2 rings (SSSR count). The number of halogens is 2. The Kier molecular flexibility index (Phi) is 5.52. The SMILES string of the molecule is COc1c(Br)cc(Br)cc1CNC(C)c1cc(C)oc1C. The molecule has 1 atom stereocenters. The highest BCUT2D eigenvalue weighted by Crippen LogP contribution is 2.33. The largest absolute Gasteiger partial charge is 0.495 e. The van der Waals surface area contributed by atoms with Crippen LogP contribution < -0.4 is 10.1 Å². The summed E-state index contributed by atoms with van der Waals surface area (Å²) in [5.41, 5.74) is 2.30. The van der Waals surface area contributed by atoms with Crippen LogP contribution in [0.3, 0.4) is 0 Å². The summed E-state index contributed by atoms with van der Waals surface area (Å²) in [6, 6.07) is 6.35. The van der Waals surface area contributed by atoms with Gasteiger partial charge in [0.2, 0.25) is 0 Å². The van der Waals surface area contributed by atoms with Crippen LogP contribution in [0.4, 0.5) is 0 Å². The third kappa shape index (κ3) is 3.90. The van der Waals surface area contributed by atoms with Gasteiger partial charge in [0.1, 0.15) is 17.3 Å². The zero-order valence-electron chi connectivity index (χ0n) is 12.6. The Morgan fingerprint density at radius 2 is 1.95 bits per heavy atom. The van der Waals surface area contributed by atoms with Crippen LogP contribution in [0, 0.1) is 13.8 Å². The molecule has 1 N–H and O–H groups in total. The number of nitrogens with one attached hydrogen (secondary N) is 1. The van der Waals surface area contributed by atoms with E-state index in [1.165, 1.54) is 5.56 Å². The number of hydrogen-bond donors (Lipinski definition) is 1. The molecule has 1 aromatic carbocycles. The molecule has 2 aromatic rings. The molecule has 0 radical (unpaired) electrons. The lowest BCUT2D eigenvalue weighted by molar-refractivity contribution is 0.403. The molecule has 0 aliphatic rings. The van der Waals surface area contributed by atoms with Crippen LogP contribution in [-0.2, 0) is 6.54 Å². The van der Waals surface area contributed by atoms with Crippen LogP contribution in [0.15, 0.2) is 31.6 Å². The third-order valence-corrected chi connectivity index (χ3v) is 4.48. The summed E-state index contributed by atoms with van der Waals surface area (Å²) >= 11 is 7.04. The number of furan rings is 1. The summed E-state index contributed by atoms with van der Waals surface area (Å²) in [6.07, 6.45) is 0. The van der Waals surface area contributed by atoms with E-state index in [4.69, 9.17) is 9.15 Å². The van der Waals surface area contributed by atoms with Crippen LogP contribution in [-0.4, -0.2) is 7.11 Å². The van der Waals surface area contributed by atoms with E-state index in [0.717, 1.165) is 31.8 Å². The van der Waals surface area contributed by atoms with Crippen molar-refractivity contribution in [1.82, 2.24) is 5.32 Å². The Labute approximate surface area is 142 Å². The number of benzene rings is 1. The Hall–Kier alpha value is -0.780. The predicted octanol–water partition coefficient (Wildman–Crippen LogP) is 5.28. The van der Waals surface area contributed by atoms with Crippen molar-refractivity contribution in [3.05, 3.63) is 49.8 Å². The lowest BCUT2D eigenvalue weighted by atomic mass is 10.1. The highest BCUT2D eigenvalue weighted by molar-refractivity contribution is 9.11. The van der Waals surface area contributed by atoms with E-state index < -0.39 is 0 Å². The van der Waals surface area contributed by atoms with Gasteiger partial charge in [-0.15, -0.1) is 0 Å².